The van der Waals surface area contributed by atoms with Crippen molar-refractivity contribution in [3.05, 3.63) is 30.1 Å². The van der Waals surface area contributed by atoms with Gasteiger partial charge in [-0.3, -0.25) is 9.78 Å². The Morgan fingerprint density at radius 2 is 2.00 bits per heavy atom. The van der Waals surface area contributed by atoms with Crippen molar-refractivity contribution in [2.75, 3.05) is 6.54 Å². The minimum absolute atomic E-state index is 0.0850. The molecule has 1 aliphatic carbocycles. The average Bonchev–Trinajstić information content (AvgIpc) is 2.96. The van der Waals surface area contributed by atoms with Crippen molar-refractivity contribution in [2.45, 2.75) is 39.2 Å². The van der Waals surface area contributed by atoms with E-state index in [-0.39, 0.29) is 5.91 Å². The van der Waals surface area contributed by atoms with Gasteiger partial charge in [0.1, 0.15) is 0 Å². The van der Waals surface area contributed by atoms with E-state index in [4.69, 9.17) is 18.0 Å². The van der Waals surface area contributed by atoms with Crippen LogP contribution < -0.4 is 5.73 Å². The highest BCUT2D eigenvalue weighted by Gasteiger charge is 2.45. The molecule has 4 nitrogen and oxygen atoms in total. The third kappa shape index (κ3) is 2.82. The predicted octanol–water partition coefficient (Wildman–Crippen LogP) is 2.28. The van der Waals surface area contributed by atoms with Gasteiger partial charge in [0, 0.05) is 25.5 Å². The molecule has 1 amide bonds. The first kappa shape index (κ1) is 14.9. The molecule has 2 N–H and O–H groups in total. The average molecular weight is 291 g/mol. The molecule has 1 heterocycles. The van der Waals surface area contributed by atoms with Crippen molar-refractivity contribution in [3.63, 3.8) is 0 Å². The SMILES string of the molecule is CCN(Cc1ccncc1)C(=O)C1(C(N)=S)CCCC1. The summed E-state index contributed by atoms with van der Waals surface area (Å²) in [7, 11) is 0. The number of hydrogen-bond acceptors (Lipinski definition) is 3. The van der Waals surface area contributed by atoms with Crippen LogP contribution in [0.4, 0.5) is 0 Å². The smallest absolute Gasteiger partial charge is 0.235 e. The molecule has 5 heteroatoms. The van der Waals surface area contributed by atoms with E-state index in [1.165, 1.54) is 0 Å². The lowest BCUT2D eigenvalue weighted by atomic mass is 9.84. The molecular weight excluding hydrogens is 270 g/mol. The van der Waals surface area contributed by atoms with Crippen LogP contribution in [0.1, 0.15) is 38.2 Å². The van der Waals surface area contributed by atoms with Crippen LogP contribution in [0.15, 0.2) is 24.5 Å². The third-order valence-electron chi connectivity index (χ3n) is 4.13. The zero-order valence-corrected chi connectivity index (χ0v) is 12.7. The van der Waals surface area contributed by atoms with E-state index in [0.717, 1.165) is 31.2 Å². The van der Waals surface area contributed by atoms with Gasteiger partial charge in [-0.2, -0.15) is 0 Å². The van der Waals surface area contributed by atoms with Gasteiger partial charge < -0.3 is 10.6 Å². The van der Waals surface area contributed by atoms with Gasteiger partial charge in [0.2, 0.25) is 5.91 Å². The summed E-state index contributed by atoms with van der Waals surface area (Å²) in [6.45, 7) is 3.23. The Bertz CT molecular complexity index is 483. The van der Waals surface area contributed by atoms with Crippen LogP contribution in [0, 0.1) is 5.41 Å². The molecule has 1 saturated carbocycles. The first-order valence-corrected chi connectivity index (χ1v) is 7.49. The second-order valence-corrected chi connectivity index (χ2v) is 5.77. The molecule has 0 atom stereocenters. The highest BCUT2D eigenvalue weighted by atomic mass is 32.1. The highest BCUT2D eigenvalue weighted by Crippen LogP contribution is 2.40. The van der Waals surface area contributed by atoms with Crippen LogP contribution in [0.25, 0.3) is 0 Å². The molecule has 0 radical (unpaired) electrons. The number of nitrogens with zero attached hydrogens (tertiary/aromatic N) is 2. The standard InChI is InChI=1S/C15H21N3OS/c1-2-18(11-12-5-9-17-10-6-12)14(19)15(13(16)20)7-3-4-8-15/h5-6,9-10H,2-4,7-8,11H2,1H3,(H2,16,20). The minimum Gasteiger partial charge on any atom is -0.392 e. The fourth-order valence-electron chi connectivity index (χ4n) is 2.88. The molecule has 20 heavy (non-hydrogen) atoms. The molecule has 1 aromatic heterocycles. The number of carbonyl (C=O) groups excluding carboxylic acids is 1. The Kier molecular flexibility index (Phi) is 4.70. The Morgan fingerprint density at radius 1 is 1.40 bits per heavy atom. The largest absolute Gasteiger partial charge is 0.392 e. The van der Waals surface area contributed by atoms with Crippen LogP contribution in [0.5, 0.6) is 0 Å². The highest BCUT2D eigenvalue weighted by molar-refractivity contribution is 7.80. The molecule has 1 fully saturated rings. The zero-order valence-electron chi connectivity index (χ0n) is 11.8. The molecule has 0 aromatic carbocycles. The maximum absolute atomic E-state index is 12.9. The van der Waals surface area contributed by atoms with E-state index in [1.54, 1.807) is 12.4 Å². The number of aromatic nitrogens is 1. The molecule has 0 spiro atoms. The summed E-state index contributed by atoms with van der Waals surface area (Å²) in [6.07, 6.45) is 7.10. The number of amides is 1. The molecule has 1 aliphatic rings. The van der Waals surface area contributed by atoms with E-state index >= 15 is 0 Å². The van der Waals surface area contributed by atoms with E-state index < -0.39 is 5.41 Å². The first-order chi connectivity index (χ1) is 9.60. The second kappa shape index (κ2) is 6.31. The molecular formula is C15H21N3OS. The fraction of sp³-hybridized carbons (Fsp3) is 0.533. The van der Waals surface area contributed by atoms with Gasteiger partial charge >= 0.3 is 0 Å². The summed E-state index contributed by atoms with van der Waals surface area (Å²) in [4.78, 5) is 19.1. The van der Waals surface area contributed by atoms with Crippen molar-refractivity contribution in [2.24, 2.45) is 11.1 Å². The number of thiocarbonyl (C=S) groups is 1. The maximum atomic E-state index is 12.9. The Hall–Kier alpha value is -1.49. The lowest BCUT2D eigenvalue weighted by Gasteiger charge is -2.33. The van der Waals surface area contributed by atoms with E-state index in [1.807, 2.05) is 24.0 Å². The molecule has 0 unspecified atom stereocenters. The number of nitrogens with two attached hydrogens (primary N) is 1. The summed E-state index contributed by atoms with van der Waals surface area (Å²) < 4.78 is 0. The first-order valence-electron chi connectivity index (χ1n) is 7.08. The van der Waals surface area contributed by atoms with Crippen molar-refractivity contribution < 1.29 is 4.79 Å². The summed E-state index contributed by atoms with van der Waals surface area (Å²) in [5, 5.41) is 0. The van der Waals surface area contributed by atoms with Crippen LogP contribution >= 0.6 is 12.2 Å². The molecule has 0 aliphatic heterocycles. The maximum Gasteiger partial charge on any atom is 0.235 e. The zero-order chi connectivity index (χ0) is 14.6. The van der Waals surface area contributed by atoms with Crippen molar-refractivity contribution >= 4 is 23.1 Å². The summed E-state index contributed by atoms with van der Waals surface area (Å²) in [6, 6.07) is 3.86. The van der Waals surface area contributed by atoms with Gasteiger partial charge in [0.05, 0.1) is 10.4 Å². The van der Waals surface area contributed by atoms with Gasteiger partial charge in [0.25, 0.3) is 0 Å². The van der Waals surface area contributed by atoms with Crippen molar-refractivity contribution in [3.8, 4) is 0 Å². The van der Waals surface area contributed by atoms with Gasteiger partial charge in [0.15, 0.2) is 0 Å². The minimum atomic E-state index is -0.613. The lowest BCUT2D eigenvalue weighted by Crippen LogP contribution is -2.48. The Labute approximate surface area is 125 Å². The molecule has 1 aromatic rings. The Morgan fingerprint density at radius 3 is 2.50 bits per heavy atom. The number of hydrogen-bond donors (Lipinski definition) is 1. The van der Waals surface area contributed by atoms with E-state index in [9.17, 15) is 4.79 Å². The van der Waals surface area contributed by atoms with E-state index in [2.05, 4.69) is 4.98 Å². The van der Waals surface area contributed by atoms with Crippen molar-refractivity contribution in [1.29, 1.82) is 0 Å². The van der Waals surface area contributed by atoms with Crippen LogP contribution in [-0.4, -0.2) is 27.3 Å². The summed E-state index contributed by atoms with van der Waals surface area (Å²) in [5.74, 6) is 0.0850. The fourth-order valence-corrected chi connectivity index (χ4v) is 3.17. The van der Waals surface area contributed by atoms with E-state index in [0.29, 0.717) is 18.1 Å². The molecule has 0 saturated heterocycles. The van der Waals surface area contributed by atoms with Gasteiger partial charge in [-0.25, -0.2) is 0 Å². The Balaban J connectivity index is 2.18. The van der Waals surface area contributed by atoms with Crippen molar-refractivity contribution in [1.82, 2.24) is 9.88 Å². The lowest BCUT2D eigenvalue weighted by molar-refractivity contribution is -0.138. The number of carbonyl (C=O) groups is 1. The predicted molar refractivity (Wildman–Crippen MR) is 83.0 cm³/mol. The molecule has 0 bridgehead atoms. The second-order valence-electron chi connectivity index (χ2n) is 5.33. The van der Waals surface area contributed by atoms with Crippen LogP contribution in [0.3, 0.4) is 0 Å². The number of pyridine rings is 1. The monoisotopic (exact) mass is 291 g/mol. The normalized spacial score (nSPS) is 16.9. The van der Waals surface area contributed by atoms with Gasteiger partial charge in [-0.1, -0.05) is 25.1 Å². The number of rotatable bonds is 5. The van der Waals surface area contributed by atoms with Crippen LogP contribution in [0.2, 0.25) is 0 Å². The molecule has 2 rings (SSSR count). The summed E-state index contributed by atoms with van der Waals surface area (Å²) in [5.41, 5.74) is 6.36. The topological polar surface area (TPSA) is 59.2 Å². The third-order valence-corrected chi connectivity index (χ3v) is 4.52. The summed E-state index contributed by atoms with van der Waals surface area (Å²) >= 11 is 5.20. The van der Waals surface area contributed by atoms with Gasteiger partial charge in [-0.05, 0) is 37.5 Å². The van der Waals surface area contributed by atoms with Gasteiger partial charge in [-0.15, -0.1) is 0 Å². The van der Waals surface area contributed by atoms with Crippen LogP contribution in [-0.2, 0) is 11.3 Å². The molecule has 108 valence electrons. The quantitative estimate of drug-likeness (QED) is 0.846.